The number of anilines is 2. The van der Waals surface area contributed by atoms with Gasteiger partial charge in [0.25, 0.3) is 0 Å². The predicted octanol–water partition coefficient (Wildman–Crippen LogP) is 2.26. The lowest BCUT2D eigenvalue weighted by Gasteiger charge is -2.18. The summed E-state index contributed by atoms with van der Waals surface area (Å²) in [5.41, 5.74) is 7.93. The molecule has 0 saturated carbocycles. The monoisotopic (exact) mass is 278 g/mol. The van der Waals surface area contributed by atoms with Crippen molar-refractivity contribution >= 4 is 22.4 Å². The number of nitrogens with two attached hydrogens (primary N) is 1. The number of aromatic nitrogens is 2. The number of nitrogens with zero attached hydrogens (tertiary/aromatic N) is 3. The minimum absolute atomic E-state index is 0.552. The summed E-state index contributed by atoms with van der Waals surface area (Å²) >= 11 is 1.40. The Labute approximate surface area is 117 Å². The average Bonchev–Trinajstić information content (AvgIpc) is 2.82. The van der Waals surface area contributed by atoms with Crippen molar-refractivity contribution < 1.29 is 4.74 Å². The van der Waals surface area contributed by atoms with Crippen LogP contribution in [0, 0.1) is 0 Å². The second-order valence-corrected chi connectivity index (χ2v) is 4.86. The molecule has 0 unspecified atom stereocenters. The highest BCUT2D eigenvalue weighted by atomic mass is 32.1. The molecule has 0 bridgehead atoms. The minimum Gasteiger partial charge on any atom is -0.382 e. The van der Waals surface area contributed by atoms with Crippen molar-refractivity contribution in [1.29, 1.82) is 0 Å². The van der Waals surface area contributed by atoms with Crippen LogP contribution in [0.3, 0.4) is 0 Å². The zero-order valence-corrected chi connectivity index (χ0v) is 12.0. The van der Waals surface area contributed by atoms with E-state index in [0.717, 1.165) is 29.3 Å². The second-order valence-electron chi connectivity index (χ2n) is 4.11. The summed E-state index contributed by atoms with van der Waals surface area (Å²) in [5, 5.41) is 1.05. The number of hydrogen-bond donors (Lipinski definition) is 1. The zero-order chi connectivity index (χ0) is 13.7. The van der Waals surface area contributed by atoms with Gasteiger partial charge in [-0.3, -0.25) is 4.98 Å². The molecule has 2 aromatic heterocycles. The van der Waals surface area contributed by atoms with Gasteiger partial charge in [0.15, 0.2) is 0 Å². The Morgan fingerprint density at radius 2 is 2.32 bits per heavy atom. The van der Waals surface area contributed by atoms with Crippen LogP contribution in [0.25, 0.3) is 11.1 Å². The van der Waals surface area contributed by atoms with Gasteiger partial charge in [0.1, 0.15) is 10.8 Å². The van der Waals surface area contributed by atoms with Crippen molar-refractivity contribution in [3.05, 3.63) is 24.5 Å². The van der Waals surface area contributed by atoms with Crippen molar-refractivity contribution in [2.75, 3.05) is 37.4 Å². The van der Waals surface area contributed by atoms with E-state index in [-0.39, 0.29) is 0 Å². The fourth-order valence-corrected chi connectivity index (χ4v) is 2.60. The number of likely N-dealkylation sites (N-methyl/N-ethyl adjacent to an activating group) is 1. The Morgan fingerprint density at radius 3 is 3.00 bits per heavy atom. The van der Waals surface area contributed by atoms with Crippen LogP contribution < -0.4 is 10.6 Å². The van der Waals surface area contributed by atoms with Crippen molar-refractivity contribution in [3.8, 4) is 11.1 Å². The Hall–Kier alpha value is -1.66. The molecule has 19 heavy (non-hydrogen) atoms. The van der Waals surface area contributed by atoms with E-state index in [1.54, 1.807) is 12.4 Å². The first-order valence-corrected chi connectivity index (χ1v) is 6.95. The smallest absolute Gasteiger partial charge is 0.147 e. The van der Waals surface area contributed by atoms with E-state index < -0.39 is 0 Å². The maximum atomic E-state index is 5.98. The van der Waals surface area contributed by atoms with Crippen LogP contribution in [0.4, 0.5) is 10.8 Å². The molecule has 6 heteroatoms. The highest BCUT2D eigenvalue weighted by molar-refractivity contribution is 7.11. The fourth-order valence-electron chi connectivity index (χ4n) is 1.78. The molecule has 2 aromatic rings. The van der Waals surface area contributed by atoms with E-state index >= 15 is 0 Å². The number of hydrogen-bond acceptors (Lipinski definition) is 6. The summed E-state index contributed by atoms with van der Waals surface area (Å²) in [6.45, 7) is 4.22. The molecule has 0 aromatic carbocycles. The molecule has 2 rings (SSSR count). The molecule has 0 aliphatic carbocycles. The maximum absolute atomic E-state index is 5.98. The summed E-state index contributed by atoms with van der Waals surface area (Å²) in [6, 6.07) is 3.89. The fraction of sp³-hybridized carbons (Fsp3) is 0.385. The lowest BCUT2D eigenvalue weighted by molar-refractivity contribution is 0.154. The molecule has 0 saturated heterocycles. The van der Waals surface area contributed by atoms with E-state index in [2.05, 4.69) is 14.3 Å². The van der Waals surface area contributed by atoms with Crippen LogP contribution in [-0.2, 0) is 4.74 Å². The Bertz CT molecular complexity index is 515. The van der Waals surface area contributed by atoms with Crippen molar-refractivity contribution in [2.45, 2.75) is 6.92 Å². The lowest BCUT2D eigenvalue weighted by Crippen LogP contribution is -2.22. The molecule has 2 N–H and O–H groups in total. The van der Waals surface area contributed by atoms with E-state index in [4.69, 9.17) is 10.5 Å². The van der Waals surface area contributed by atoms with Crippen molar-refractivity contribution in [2.24, 2.45) is 0 Å². The van der Waals surface area contributed by atoms with E-state index in [0.29, 0.717) is 12.4 Å². The molecule has 0 spiro atoms. The van der Waals surface area contributed by atoms with Gasteiger partial charge in [-0.2, -0.15) is 4.37 Å². The third kappa shape index (κ3) is 3.21. The van der Waals surface area contributed by atoms with Gasteiger partial charge in [0.05, 0.1) is 12.2 Å². The van der Waals surface area contributed by atoms with Gasteiger partial charge in [-0.25, -0.2) is 0 Å². The summed E-state index contributed by atoms with van der Waals surface area (Å²) < 4.78 is 9.63. The van der Waals surface area contributed by atoms with E-state index in [1.807, 2.05) is 26.1 Å². The van der Waals surface area contributed by atoms with E-state index in [9.17, 15) is 0 Å². The van der Waals surface area contributed by atoms with Gasteiger partial charge in [-0.05, 0) is 24.5 Å². The van der Waals surface area contributed by atoms with Gasteiger partial charge in [-0.15, -0.1) is 0 Å². The molecular weight excluding hydrogens is 260 g/mol. The minimum atomic E-state index is 0.552. The van der Waals surface area contributed by atoms with Gasteiger partial charge >= 0.3 is 0 Å². The molecule has 0 aliphatic heterocycles. The topological polar surface area (TPSA) is 64.3 Å². The first-order chi connectivity index (χ1) is 9.24. The molecule has 0 atom stereocenters. The van der Waals surface area contributed by atoms with Crippen LogP contribution in [0.15, 0.2) is 24.5 Å². The summed E-state index contributed by atoms with van der Waals surface area (Å²) in [5.74, 6) is 0.552. The highest BCUT2D eigenvalue weighted by Crippen LogP contribution is 2.38. The summed E-state index contributed by atoms with van der Waals surface area (Å²) in [6.07, 6.45) is 3.55. The number of pyridine rings is 1. The summed E-state index contributed by atoms with van der Waals surface area (Å²) in [7, 11) is 2.02. The normalized spacial score (nSPS) is 10.6. The lowest BCUT2D eigenvalue weighted by atomic mass is 10.1. The predicted molar refractivity (Wildman–Crippen MR) is 79.5 cm³/mol. The van der Waals surface area contributed by atoms with Crippen LogP contribution in [0.5, 0.6) is 0 Å². The van der Waals surface area contributed by atoms with Gasteiger partial charge < -0.3 is 15.4 Å². The Morgan fingerprint density at radius 1 is 1.47 bits per heavy atom. The van der Waals surface area contributed by atoms with Crippen LogP contribution in [0.2, 0.25) is 0 Å². The van der Waals surface area contributed by atoms with Crippen molar-refractivity contribution in [3.63, 3.8) is 0 Å². The summed E-state index contributed by atoms with van der Waals surface area (Å²) in [4.78, 5) is 6.25. The molecular formula is C13H18N4OS. The first kappa shape index (κ1) is 13.8. The second kappa shape index (κ2) is 6.49. The molecule has 5 nitrogen and oxygen atoms in total. The largest absolute Gasteiger partial charge is 0.382 e. The van der Waals surface area contributed by atoms with Gasteiger partial charge in [-0.1, -0.05) is 6.07 Å². The first-order valence-electron chi connectivity index (χ1n) is 6.18. The third-order valence-corrected chi connectivity index (χ3v) is 3.75. The quantitative estimate of drug-likeness (QED) is 0.821. The number of ether oxygens (including phenoxy) is 1. The molecule has 0 amide bonds. The van der Waals surface area contributed by atoms with Gasteiger partial charge in [0.2, 0.25) is 0 Å². The third-order valence-electron chi connectivity index (χ3n) is 2.77. The molecule has 102 valence electrons. The average molecular weight is 278 g/mol. The number of nitrogen functional groups attached to an aromatic ring is 1. The van der Waals surface area contributed by atoms with Crippen LogP contribution >= 0.6 is 11.5 Å². The SMILES string of the molecule is CCOCCN(C)c1snc(N)c1-c1cccnc1. The Kier molecular flexibility index (Phi) is 4.70. The standard InChI is InChI=1S/C13H18N4OS/c1-3-18-8-7-17(2)13-11(12(14)16-19-13)10-5-4-6-15-9-10/h4-6,9H,3,7-8H2,1-2H3,(H2,14,16). The van der Waals surface area contributed by atoms with Crippen LogP contribution in [-0.4, -0.2) is 36.2 Å². The van der Waals surface area contributed by atoms with E-state index in [1.165, 1.54) is 11.5 Å². The Balaban J connectivity index is 2.23. The molecule has 0 fully saturated rings. The van der Waals surface area contributed by atoms with Crippen LogP contribution in [0.1, 0.15) is 6.92 Å². The van der Waals surface area contributed by atoms with Gasteiger partial charge in [0, 0.05) is 38.2 Å². The maximum Gasteiger partial charge on any atom is 0.147 e. The highest BCUT2D eigenvalue weighted by Gasteiger charge is 2.16. The number of rotatable bonds is 6. The molecule has 0 aliphatic rings. The molecule has 0 radical (unpaired) electrons. The van der Waals surface area contributed by atoms with Crippen molar-refractivity contribution in [1.82, 2.24) is 9.36 Å². The zero-order valence-electron chi connectivity index (χ0n) is 11.2. The molecule has 2 heterocycles.